The van der Waals surface area contributed by atoms with Crippen molar-refractivity contribution in [3.63, 3.8) is 0 Å². The largest absolute Gasteiger partial charge is 0.376 e. The molecule has 3 aromatic heterocycles. The highest BCUT2D eigenvalue weighted by atomic mass is 15.3. The molecule has 6 nitrogen and oxygen atoms in total. The van der Waals surface area contributed by atoms with Gasteiger partial charge in [-0.15, -0.1) is 0 Å². The van der Waals surface area contributed by atoms with E-state index in [1.54, 1.807) is 6.20 Å². The highest BCUT2D eigenvalue weighted by Gasteiger charge is 2.08. The van der Waals surface area contributed by atoms with Crippen molar-refractivity contribution >= 4 is 5.69 Å². The van der Waals surface area contributed by atoms with Crippen LogP contribution in [0.3, 0.4) is 0 Å². The molecule has 0 aromatic carbocycles. The Morgan fingerprint density at radius 1 is 1.19 bits per heavy atom. The van der Waals surface area contributed by atoms with Gasteiger partial charge in [0.25, 0.3) is 0 Å². The van der Waals surface area contributed by atoms with Crippen LogP contribution in [0.15, 0.2) is 37.1 Å². The molecule has 0 spiro atoms. The van der Waals surface area contributed by atoms with Gasteiger partial charge >= 0.3 is 0 Å². The molecule has 0 bridgehead atoms. The van der Waals surface area contributed by atoms with Gasteiger partial charge in [-0.05, 0) is 31.0 Å². The van der Waals surface area contributed by atoms with Gasteiger partial charge in [0.05, 0.1) is 36.0 Å². The van der Waals surface area contributed by atoms with E-state index in [-0.39, 0.29) is 0 Å². The summed E-state index contributed by atoms with van der Waals surface area (Å²) in [7, 11) is 1.93. The van der Waals surface area contributed by atoms with Crippen LogP contribution in [0.1, 0.15) is 16.8 Å². The van der Waals surface area contributed by atoms with E-state index >= 15 is 0 Å². The molecule has 21 heavy (non-hydrogen) atoms. The third-order valence-corrected chi connectivity index (χ3v) is 3.32. The summed E-state index contributed by atoms with van der Waals surface area (Å²) < 4.78 is 3.68. The summed E-state index contributed by atoms with van der Waals surface area (Å²) >= 11 is 0. The third-order valence-electron chi connectivity index (χ3n) is 3.32. The fourth-order valence-corrected chi connectivity index (χ4v) is 2.27. The Kier molecular flexibility index (Phi) is 3.43. The minimum atomic E-state index is 0.658. The Hall–Kier alpha value is -2.63. The van der Waals surface area contributed by atoms with E-state index in [0.717, 1.165) is 22.6 Å². The lowest BCUT2D eigenvalue weighted by molar-refractivity contribution is 0.747. The van der Waals surface area contributed by atoms with Crippen LogP contribution in [0.5, 0.6) is 0 Å². The monoisotopic (exact) mass is 282 g/mol. The fraction of sp³-hybridized carbons (Fsp3) is 0.267. The van der Waals surface area contributed by atoms with Gasteiger partial charge in [0.2, 0.25) is 0 Å². The molecule has 108 valence electrons. The molecule has 0 aliphatic rings. The molecule has 0 atom stereocenters. The molecule has 0 unspecified atom stereocenters. The van der Waals surface area contributed by atoms with E-state index in [2.05, 4.69) is 27.4 Å². The predicted octanol–water partition coefficient (Wildman–Crippen LogP) is 2.23. The number of aryl methyl sites for hydroxylation is 3. The molecule has 0 saturated heterocycles. The molecule has 3 rings (SSSR count). The Balaban J connectivity index is 1.84. The van der Waals surface area contributed by atoms with Crippen molar-refractivity contribution in [2.45, 2.75) is 20.4 Å². The van der Waals surface area contributed by atoms with Crippen LogP contribution in [0.2, 0.25) is 0 Å². The van der Waals surface area contributed by atoms with Gasteiger partial charge in [-0.2, -0.15) is 10.2 Å². The maximum absolute atomic E-state index is 4.44. The summed E-state index contributed by atoms with van der Waals surface area (Å²) in [4.78, 5) is 4.19. The third kappa shape index (κ3) is 2.79. The van der Waals surface area contributed by atoms with E-state index in [1.807, 2.05) is 54.2 Å². The minimum absolute atomic E-state index is 0.658. The maximum Gasteiger partial charge on any atom is 0.0908 e. The van der Waals surface area contributed by atoms with Crippen molar-refractivity contribution in [2.24, 2.45) is 7.05 Å². The average molecular weight is 282 g/mol. The number of pyridine rings is 1. The molecular weight excluding hydrogens is 264 g/mol. The van der Waals surface area contributed by atoms with Crippen molar-refractivity contribution in [3.8, 4) is 5.69 Å². The Bertz CT molecular complexity index is 755. The number of aromatic nitrogens is 5. The molecule has 1 N–H and O–H groups in total. The summed E-state index contributed by atoms with van der Waals surface area (Å²) in [6.45, 7) is 4.74. The number of anilines is 1. The summed E-state index contributed by atoms with van der Waals surface area (Å²) in [6, 6.07) is 1.94. The molecule has 0 radical (unpaired) electrons. The van der Waals surface area contributed by atoms with Crippen LogP contribution < -0.4 is 5.32 Å². The predicted molar refractivity (Wildman–Crippen MR) is 81.4 cm³/mol. The van der Waals surface area contributed by atoms with E-state index in [9.17, 15) is 0 Å². The van der Waals surface area contributed by atoms with Crippen LogP contribution in [-0.2, 0) is 13.6 Å². The zero-order valence-corrected chi connectivity index (χ0v) is 12.4. The normalized spacial score (nSPS) is 10.8. The van der Waals surface area contributed by atoms with E-state index in [1.165, 1.54) is 5.56 Å². The number of nitrogens with one attached hydrogen (secondary N) is 1. The molecule has 0 amide bonds. The summed E-state index contributed by atoms with van der Waals surface area (Å²) in [5.74, 6) is 0. The zero-order valence-electron chi connectivity index (χ0n) is 12.4. The zero-order chi connectivity index (χ0) is 14.8. The molecule has 6 heteroatoms. The lowest BCUT2D eigenvalue weighted by Gasteiger charge is -2.10. The number of hydrogen-bond acceptors (Lipinski definition) is 4. The molecular formula is C15H18N6. The topological polar surface area (TPSA) is 60.6 Å². The quantitative estimate of drug-likeness (QED) is 0.797. The second-order valence-electron chi connectivity index (χ2n) is 5.14. The molecule has 0 saturated carbocycles. The number of nitrogens with zero attached hydrogens (tertiary/aromatic N) is 5. The second kappa shape index (κ2) is 5.40. The van der Waals surface area contributed by atoms with Gasteiger partial charge < -0.3 is 5.32 Å². The molecule has 0 fully saturated rings. The van der Waals surface area contributed by atoms with Crippen LogP contribution in [0, 0.1) is 13.8 Å². The first-order valence-corrected chi connectivity index (χ1v) is 6.82. The molecule has 3 aromatic rings. The Morgan fingerprint density at radius 2 is 2.05 bits per heavy atom. The summed E-state index contributed by atoms with van der Waals surface area (Å²) in [5, 5.41) is 12.2. The van der Waals surface area contributed by atoms with Crippen LogP contribution >= 0.6 is 0 Å². The van der Waals surface area contributed by atoms with Crippen molar-refractivity contribution in [2.75, 3.05) is 5.32 Å². The standard InChI is InChI=1S/C15H18N6/c1-11-6-18-21(9-11)15-4-5-16-7-14(15)17-8-13-12(2)10-20(3)19-13/h4-7,9-10,17H,8H2,1-3H3. The number of hydrogen-bond donors (Lipinski definition) is 1. The summed E-state index contributed by atoms with van der Waals surface area (Å²) in [5.41, 5.74) is 5.24. The lowest BCUT2D eigenvalue weighted by atomic mass is 10.2. The lowest BCUT2D eigenvalue weighted by Crippen LogP contribution is -2.06. The molecule has 0 aliphatic heterocycles. The van der Waals surface area contributed by atoms with Gasteiger partial charge in [0, 0.05) is 25.6 Å². The van der Waals surface area contributed by atoms with Crippen LogP contribution in [0.25, 0.3) is 5.69 Å². The van der Waals surface area contributed by atoms with Crippen molar-refractivity contribution in [1.29, 1.82) is 0 Å². The second-order valence-corrected chi connectivity index (χ2v) is 5.14. The maximum atomic E-state index is 4.44. The first kappa shape index (κ1) is 13.4. The van der Waals surface area contributed by atoms with Crippen molar-refractivity contribution in [3.05, 3.63) is 53.9 Å². The van der Waals surface area contributed by atoms with Gasteiger partial charge in [-0.25, -0.2) is 4.68 Å². The highest BCUT2D eigenvalue weighted by Crippen LogP contribution is 2.19. The van der Waals surface area contributed by atoms with E-state index in [0.29, 0.717) is 6.54 Å². The highest BCUT2D eigenvalue weighted by molar-refractivity contribution is 5.59. The van der Waals surface area contributed by atoms with Gasteiger partial charge in [-0.3, -0.25) is 9.67 Å². The van der Waals surface area contributed by atoms with Crippen molar-refractivity contribution < 1.29 is 0 Å². The van der Waals surface area contributed by atoms with E-state index < -0.39 is 0 Å². The number of rotatable bonds is 4. The van der Waals surface area contributed by atoms with Gasteiger partial charge in [0.15, 0.2) is 0 Å². The van der Waals surface area contributed by atoms with Gasteiger partial charge in [-0.1, -0.05) is 0 Å². The fourth-order valence-electron chi connectivity index (χ4n) is 2.27. The van der Waals surface area contributed by atoms with Gasteiger partial charge in [0.1, 0.15) is 0 Å². The smallest absolute Gasteiger partial charge is 0.0908 e. The molecule has 3 heterocycles. The van der Waals surface area contributed by atoms with Crippen molar-refractivity contribution in [1.82, 2.24) is 24.5 Å². The average Bonchev–Trinajstić information content (AvgIpc) is 3.02. The first-order valence-electron chi connectivity index (χ1n) is 6.82. The Morgan fingerprint density at radius 3 is 2.71 bits per heavy atom. The minimum Gasteiger partial charge on any atom is -0.376 e. The van der Waals surface area contributed by atoms with E-state index in [4.69, 9.17) is 0 Å². The van der Waals surface area contributed by atoms with Crippen LogP contribution in [-0.4, -0.2) is 24.5 Å². The SMILES string of the molecule is Cc1cnn(-c2ccncc2NCc2nn(C)cc2C)c1. The first-order chi connectivity index (χ1) is 10.1. The molecule has 0 aliphatic carbocycles. The summed E-state index contributed by atoms with van der Waals surface area (Å²) in [6.07, 6.45) is 9.42. The Labute approximate surface area is 123 Å². The van der Waals surface area contributed by atoms with Crippen LogP contribution in [0.4, 0.5) is 5.69 Å².